The third-order valence-electron chi connectivity index (χ3n) is 4.47. The molecule has 1 aromatic heterocycles. The molecule has 0 radical (unpaired) electrons. The largest absolute Gasteiger partial charge is 0.353 e. The lowest BCUT2D eigenvalue weighted by molar-refractivity contribution is 0.0746. The molecule has 5 heteroatoms. The number of carbonyl (C=O) groups is 1. The van der Waals surface area contributed by atoms with E-state index in [0.29, 0.717) is 0 Å². The Morgan fingerprint density at radius 2 is 1.83 bits per heavy atom. The number of hydrogen-bond acceptors (Lipinski definition) is 3. The number of carbonyl (C=O) groups excluding carboxylic acids is 1. The van der Waals surface area contributed by atoms with Crippen LogP contribution in [0.5, 0.6) is 0 Å². The first-order chi connectivity index (χ1) is 11.6. The summed E-state index contributed by atoms with van der Waals surface area (Å²) in [5.41, 5.74) is 3.25. The number of hydrogen-bond donors (Lipinski definition) is 0. The summed E-state index contributed by atoms with van der Waals surface area (Å²) in [4.78, 5) is 21.4. The molecule has 0 N–H and O–H groups in total. The van der Waals surface area contributed by atoms with Crippen molar-refractivity contribution in [1.82, 2.24) is 9.88 Å². The second-order valence-electron chi connectivity index (χ2n) is 6.12. The lowest BCUT2D eigenvalue weighted by Crippen LogP contribution is -2.49. The van der Waals surface area contributed by atoms with Crippen molar-refractivity contribution >= 4 is 34.3 Å². The van der Waals surface area contributed by atoms with Crippen molar-refractivity contribution in [3.8, 4) is 0 Å². The van der Waals surface area contributed by atoms with Gasteiger partial charge in [0.05, 0.1) is 0 Å². The molecule has 1 aromatic carbocycles. The van der Waals surface area contributed by atoms with Gasteiger partial charge in [0.25, 0.3) is 5.91 Å². The number of amides is 1. The molecule has 126 valence electrons. The molecule has 3 rings (SSSR count). The van der Waals surface area contributed by atoms with Gasteiger partial charge in [-0.15, -0.1) is 0 Å². The molecular weight excluding hydrogens is 413 g/mol. The van der Waals surface area contributed by atoms with Gasteiger partial charge in [-0.1, -0.05) is 13.0 Å². The van der Waals surface area contributed by atoms with Gasteiger partial charge in [-0.05, 0) is 71.3 Å². The summed E-state index contributed by atoms with van der Waals surface area (Å²) in [6.45, 7) is 7.39. The van der Waals surface area contributed by atoms with Crippen LogP contribution < -0.4 is 4.90 Å². The second-order valence-corrected chi connectivity index (χ2v) is 7.37. The van der Waals surface area contributed by atoms with Crippen LogP contribution in [-0.4, -0.2) is 42.0 Å². The maximum absolute atomic E-state index is 12.6. The number of anilines is 1. The number of rotatable bonds is 3. The van der Waals surface area contributed by atoms with Crippen LogP contribution in [0.15, 0.2) is 36.5 Å². The first kappa shape index (κ1) is 17.2. The maximum atomic E-state index is 12.6. The van der Waals surface area contributed by atoms with Crippen LogP contribution in [-0.2, 0) is 6.42 Å². The highest BCUT2D eigenvalue weighted by atomic mass is 127. The molecule has 0 aliphatic carbocycles. The molecule has 1 aliphatic heterocycles. The van der Waals surface area contributed by atoms with E-state index in [1.165, 1.54) is 11.1 Å². The molecule has 0 bridgehead atoms. The summed E-state index contributed by atoms with van der Waals surface area (Å²) in [7, 11) is 0. The number of benzene rings is 1. The van der Waals surface area contributed by atoms with Gasteiger partial charge in [0, 0.05) is 41.5 Å². The first-order valence-electron chi connectivity index (χ1n) is 8.34. The van der Waals surface area contributed by atoms with E-state index in [1.54, 1.807) is 0 Å². The fourth-order valence-corrected chi connectivity index (χ4v) is 3.41. The van der Waals surface area contributed by atoms with Gasteiger partial charge in [-0.2, -0.15) is 0 Å². The van der Waals surface area contributed by atoms with Gasteiger partial charge in [-0.25, -0.2) is 4.98 Å². The quantitative estimate of drug-likeness (QED) is 0.693. The highest BCUT2D eigenvalue weighted by Gasteiger charge is 2.23. The first-order valence-corrected chi connectivity index (χ1v) is 9.41. The minimum atomic E-state index is 0.122. The van der Waals surface area contributed by atoms with Gasteiger partial charge < -0.3 is 9.80 Å². The van der Waals surface area contributed by atoms with Gasteiger partial charge in [0.1, 0.15) is 5.82 Å². The predicted molar refractivity (Wildman–Crippen MR) is 106 cm³/mol. The van der Waals surface area contributed by atoms with Crippen molar-refractivity contribution in [3.05, 3.63) is 56.8 Å². The van der Waals surface area contributed by atoms with E-state index in [2.05, 4.69) is 52.4 Å². The number of pyridine rings is 1. The molecule has 0 saturated carbocycles. The lowest BCUT2D eigenvalue weighted by Gasteiger charge is -2.36. The van der Waals surface area contributed by atoms with Crippen molar-refractivity contribution < 1.29 is 4.79 Å². The van der Waals surface area contributed by atoms with Crippen LogP contribution >= 0.6 is 22.6 Å². The molecule has 24 heavy (non-hydrogen) atoms. The summed E-state index contributed by atoms with van der Waals surface area (Å²) in [5.74, 6) is 1.17. The predicted octanol–water partition coefficient (Wildman–Crippen LogP) is 3.52. The van der Waals surface area contributed by atoms with Gasteiger partial charge in [-0.3, -0.25) is 4.79 Å². The van der Waals surface area contributed by atoms with Crippen molar-refractivity contribution in [1.29, 1.82) is 0 Å². The zero-order chi connectivity index (χ0) is 17.1. The number of piperazine rings is 1. The average Bonchev–Trinajstić information content (AvgIpc) is 2.62. The molecule has 1 saturated heterocycles. The minimum absolute atomic E-state index is 0.122. The zero-order valence-corrected chi connectivity index (χ0v) is 16.3. The van der Waals surface area contributed by atoms with Crippen molar-refractivity contribution in [2.75, 3.05) is 31.1 Å². The Hall–Kier alpha value is -1.63. The van der Waals surface area contributed by atoms with Crippen molar-refractivity contribution in [2.45, 2.75) is 20.3 Å². The third-order valence-corrected chi connectivity index (χ3v) is 5.19. The SMILES string of the molecule is CCc1cnc(N2CCN(C(=O)c3ccc(I)cc3)CC2)c(C)c1. The molecule has 1 amide bonds. The molecule has 2 heterocycles. The van der Waals surface area contributed by atoms with Crippen molar-refractivity contribution in [2.24, 2.45) is 0 Å². The number of aromatic nitrogens is 1. The van der Waals surface area contributed by atoms with Crippen LogP contribution in [0.3, 0.4) is 0 Å². The van der Waals surface area contributed by atoms with E-state index in [4.69, 9.17) is 0 Å². The van der Waals surface area contributed by atoms with E-state index < -0.39 is 0 Å². The standard InChI is InChI=1S/C19H22IN3O/c1-3-15-12-14(2)18(21-13-15)22-8-10-23(11-9-22)19(24)16-4-6-17(20)7-5-16/h4-7,12-13H,3,8-11H2,1-2H3. The number of nitrogens with zero attached hydrogens (tertiary/aromatic N) is 3. The van der Waals surface area contributed by atoms with E-state index in [-0.39, 0.29) is 5.91 Å². The van der Waals surface area contributed by atoms with Crippen molar-refractivity contribution in [3.63, 3.8) is 0 Å². The molecule has 0 spiro atoms. The van der Waals surface area contributed by atoms with E-state index in [0.717, 1.165) is 47.6 Å². The Morgan fingerprint density at radius 3 is 2.42 bits per heavy atom. The Bertz CT molecular complexity index is 722. The summed E-state index contributed by atoms with van der Waals surface area (Å²) in [5, 5.41) is 0. The fourth-order valence-electron chi connectivity index (χ4n) is 3.05. The molecule has 4 nitrogen and oxygen atoms in total. The highest BCUT2D eigenvalue weighted by Crippen LogP contribution is 2.20. The normalized spacial score (nSPS) is 14.8. The second kappa shape index (κ2) is 7.51. The van der Waals surface area contributed by atoms with Crippen LogP contribution in [0.4, 0.5) is 5.82 Å². The highest BCUT2D eigenvalue weighted by molar-refractivity contribution is 14.1. The molecule has 0 unspecified atom stereocenters. The number of aryl methyl sites for hydroxylation is 2. The Balaban J connectivity index is 1.65. The Kier molecular flexibility index (Phi) is 5.38. The number of halogens is 1. The molecule has 1 aliphatic rings. The average molecular weight is 435 g/mol. The van der Waals surface area contributed by atoms with E-state index in [9.17, 15) is 4.79 Å². The van der Waals surface area contributed by atoms with Crippen LogP contribution in [0.25, 0.3) is 0 Å². The molecule has 2 aromatic rings. The topological polar surface area (TPSA) is 36.4 Å². The monoisotopic (exact) mass is 435 g/mol. The molecule has 1 fully saturated rings. The maximum Gasteiger partial charge on any atom is 0.253 e. The van der Waals surface area contributed by atoms with Crippen LogP contribution in [0.2, 0.25) is 0 Å². The van der Waals surface area contributed by atoms with Gasteiger partial charge in [0.2, 0.25) is 0 Å². The summed E-state index contributed by atoms with van der Waals surface area (Å²) in [6, 6.07) is 9.99. The molecular formula is C19H22IN3O. The fraction of sp³-hybridized carbons (Fsp3) is 0.368. The molecule has 0 atom stereocenters. The third kappa shape index (κ3) is 3.71. The summed E-state index contributed by atoms with van der Waals surface area (Å²) >= 11 is 2.25. The lowest BCUT2D eigenvalue weighted by atomic mass is 10.1. The Morgan fingerprint density at radius 1 is 1.17 bits per heavy atom. The summed E-state index contributed by atoms with van der Waals surface area (Å²) < 4.78 is 1.14. The van der Waals surface area contributed by atoms with Gasteiger partial charge in [0.15, 0.2) is 0 Å². The smallest absolute Gasteiger partial charge is 0.253 e. The van der Waals surface area contributed by atoms with Crippen LogP contribution in [0.1, 0.15) is 28.4 Å². The van der Waals surface area contributed by atoms with Crippen LogP contribution in [0, 0.1) is 10.5 Å². The zero-order valence-electron chi connectivity index (χ0n) is 14.1. The van der Waals surface area contributed by atoms with E-state index >= 15 is 0 Å². The van der Waals surface area contributed by atoms with E-state index in [1.807, 2.05) is 35.4 Å². The minimum Gasteiger partial charge on any atom is -0.353 e. The Labute approximate surface area is 157 Å². The van der Waals surface area contributed by atoms with Gasteiger partial charge >= 0.3 is 0 Å². The summed E-state index contributed by atoms with van der Waals surface area (Å²) in [6.07, 6.45) is 2.97.